The molecule has 0 bridgehead atoms. The number of hydrogen-bond donors (Lipinski definition) is 1. The zero-order valence-corrected chi connectivity index (χ0v) is 7.05. The summed E-state index contributed by atoms with van der Waals surface area (Å²) in [7, 11) is 0. The van der Waals surface area contributed by atoms with Crippen LogP contribution in [-0.2, 0) is 4.74 Å². The molecule has 0 aliphatic carbocycles. The first-order valence-corrected chi connectivity index (χ1v) is 3.88. The molecule has 2 nitrogen and oxygen atoms in total. The molecule has 0 saturated carbocycles. The fourth-order valence-corrected chi connectivity index (χ4v) is 0.801. The van der Waals surface area contributed by atoms with Crippen molar-refractivity contribution < 1.29 is 4.74 Å². The highest BCUT2D eigenvalue weighted by Crippen LogP contribution is 2.08. The van der Waals surface area contributed by atoms with E-state index in [1.807, 2.05) is 6.92 Å². The van der Waals surface area contributed by atoms with Crippen LogP contribution in [0.25, 0.3) is 0 Å². The summed E-state index contributed by atoms with van der Waals surface area (Å²) in [5.74, 6) is 0.470. The Labute approximate surface area is 63.1 Å². The lowest BCUT2D eigenvalue weighted by molar-refractivity contribution is 0.0744. The summed E-state index contributed by atoms with van der Waals surface area (Å²) in [6.45, 7) is 6.87. The molecule has 0 aliphatic rings. The Kier molecular flexibility index (Phi) is 5.22. The van der Waals surface area contributed by atoms with Gasteiger partial charge >= 0.3 is 0 Å². The molecule has 0 fully saturated rings. The molecule has 0 aromatic carbocycles. The van der Waals surface area contributed by atoms with Gasteiger partial charge in [-0.2, -0.15) is 0 Å². The number of nitrogens with one attached hydrogen (secondary N) is 1. The molecule has 0 aromatic heterocycles. The van der Waals surface area contributed by atoms with Gasteiger partial charge in [0.1, 0.15) is 0 Å². The van der Waals surface area contributed by atoms with Crippen LogP contribution in [0.15, 0.2) is 0 Å². The highest BCUT2D eigenvalue weighted by atomic mass is 16.5. The molecule has 0 radical (unpaired) electrons. The van der Waals surface area contributed by atoms with Gasteiger partial charge in [-0.05, 0) is 12.8 Å². The van der Waals surface area contributed by atoms with Crippen molar-refractivity contribution in [1.82, 2.24) is 0 Å². The molecule has 1 N–H and O–H groups in total. The van der Waals surface area contributed by atoms with Crippen LogP contribution in [0.2, 0.25) is 0 Å². The predicted molar refractivity (Wildman–Crippen MR) is 43.7 cm³/mol. The zero-order chi connectivity index (χ0) is 7.98. The van der Waals surface area contributed by atoms with Crippen molar-refractivity contribution in [1.29, 1.82) is 5.41 Å². The second-order valence-corrected chi connectivity index (χ2v) is 2.47. The lowest BCUT2D eigenvalue weighted by Gasteiger charge is -2.17. The van der Waals surface area contributed by atoms with Crippen molar-refractivity contribution in [2.24, 2.45) is 5.92 Å². The molecular formula is C8H17NO. The fourth-order valence-electron chi connectivity index (χ4n) is 0.801. The molecule has 2 heteroatoms. The molecular weight excluding hydrogens is 126 g/mol. The molecule has 2 unspecified atom stereocenters. The van der Waals surface area contributed by atoms with Crippen molar-refractivity contribution in [3.63, 3.8) is 0 Å². The summed E-state index contributed by atoms with van der Waals surface area (Å²) in [6, 6.07) is 0. The predicted octanol–water partition coefficient (Wildman–Crippen LogP) is 2.09. The van der Waals surface area contributed by atoms with Crippen molar-refractivity contribution in [3.8, 4) is 0 Å². The Morgan fingerprint density at radius 1 is 1.50 bits per heavy atom. The third kappa shape index (κ3) is 2.97. The quantitative estimate of drug-likeness (QED) is 0.587. The van der Waals surface area contributed by atoms with Crippen LogP contribution in [0.1, 0.15) is 27.2 Å². The maximum Gasteiger partial charge on any atom is 0.0944 e. The average molecular weight is 143 g/mol. The largest absolute Gasteiger partial charge is 0.373 e. The number of hydrogen-bond acceptors (Lipinski definition) is 2. The maximum atomic E-state index is 7.05. The van der Waals surface area contributed by atoms with E-state index in [4.69, 9.17) is 10.1 Å². The summed E-state index contributed by atoms with van der Waals surface area (Å²) in [6.07, 6.45) is 2.48. The minimum absolute atomic E-state index is 0.0231. The van der Waals surface area contributed by atoms with E-state index in [-0.39, 0.29) is 6.10 Å². The van der Waals surface area contributed by atoms with Gasteiger partial charge < -0.3 is 10.1 Å². The highest BCUT2D eigenvalue weighted by molar-refractivity contribution is 5.59. The van der Waals surface area contributed by atoms with Crippen molar-refractivity contribution in [2.45, 2.75) is 33.3 Å². The van der Waals surface area contributed by atoms with Gasteiger partial charge in [0, 0.05) is 12.8 Å². The van der Waals surface area contributed by atoms with Gasteiger partial charge in [-0.15, -0.1) is 0 Å². The van der Waals surface area contributed by atoms with Crippen LogP contribution in [0.3, 0.4) is 0 Å². The monoisotopic (exact) mass is 143 g/mol. The van der Waals surface area contributed by atoms with E-state index in [1.54, 1.807) is 0 Å². The highest BCUT2D eigenvalue weighted by Gasteiger charge is 2.11. The lowest BCUT2D eigenvalue weighted by atomic mass is 10.0. The maximum absolute atomic E-state index is 7.05. The second kappa shape index (κ2) is 5.42. The van der Waals surface area contributed by atoms with Crippen molar-refractivity contribution >= 4 is 6.21 Å². The van der Waals surface area contributed by atoms with Gasteiger partial charge in [0.25, 0.3) is 0 Å². The van der Waals surface area contributed by atoms with Gasteiger partial charge in [0.2, 0.25) is 0 Å². The molecule has 0 spiro atoms. The van der Waals surface area contributed by atoms with Gasteiger partial charge in [0.05, 0.1) is 6.10 Å². The summed E-state index contributed by atoms with van der Waals surface area (Å²) in [4.78, 5) is 0. The van der Waals surface area contributed by atoms with Gasteiger partial charge in [-0.25, -0.2) is 0 Å². The van der Waals surface area contributed by atoms with Crippen LogP contribution < -0.4 is 0 Å². The Morgan fingerprint density at radius 3 is 2.40 bits per heavy atom. The van der Waals surface area contributed by atoms with E-state index in [1.165, 1.54) is 6.21 Å². The Balaban J connectivity index is 3.67. The first-order chi connectivity index (χ1) is 4.76. The molecule has 2 atom stereocenters. The third-order valence-corrected chi connectivity index (χ3v) is 1.73. The summed E-state index contributed by atoms with van der Waals surface area (Å²) < 4.78 is 5.30. The zero-order valence-electron chi connectivity index (χ0n) is 7.05. The topological polar surface area (TPSA) is 33.1 Å². The van der Waals surface area contributed by atoms with Crippen LogP contribution in [0, 0.1) is 11.3 Å². The van der Waals surface area contributed by atoms with Gasteiger partial charge in [-0.1, -0.05) is 20.3 Å². The molecule has 0 amide bonds. The normalized spacial score (nSPS) is 16.3. The summed E-state index contributed by atoms with van der Waals surface area (Å²) >= 11 is 0. The Bertz CT molecular complexity index is 93.3. The van der Waals surface area contributed by atoms with Crippen LogP contribution in [0.4, 0.5) is 0 Å². The SMILES string of the molecule is CCOC(C=N)C(C)CC. The van der Waals surface area contributed by atoms with E-state index < -0.39 is 0 Å². The molecule has 0 saturated heterocycles. The molecule has 0 heterocycles. The standard InChI is InChI=1S/C8H17NO/c1-4-7(3)8(6-9)10-5-2/h6-9H,4-5H2,1-3H3. The minimum Gasteiger partial charge on any atom is -0.373 e. The van der Waals surface area contributed by atoms with E-state index in [2.05, 4.69) is 13.8 Å². The van der Waals surface area contributed by atoms with Crippen molar-refractivity contribution in [3.05, 3.63) is 0 Å². The molecule has 60 valence electrons. The summed E-state index contributed by atoms with van der Waals surface area (Å²) in [5.41, 5.74) is 0. The minimum atomic E-state index is 0.0231. The second-order valence-electron chi connectivity index (χ2n) is 2.47. The van der Waals surface area contributed by atoms with Crippen LogP contribution in [-0.4, -0.2) is 18.9 Å². The first kappa shape index (κ1) is 9.63. The third-order valence-electron chi connectivity index (χ3n) is 1.73. The Morgan fingerprint density at radius 2 is 2.10 bits per heavy atom. The summed E-state index contributed by atoms with van der Waals surface area (Å²) in [5, 5.41) is 7.05. The van der Waals surface area contributed by atoms with E-state index in [9.17, 15) is 0 Å². The van der Waals surface area contributed by atoms with Crippen LogP contribution >= 0.6 is 0 Å². The first-order valence-electron chi connectivity index (χ1n) is 3.88. The van der Waals surface area contributed by atoms with Gasteiger partial charge in [-0.3, -0.25) is 0 Å². The van der Waals surface area contributed by atoms with Gasteiger partial charge in [0.15, 0.2) is 0 Å². The Hall–Kier alpha value is -0.370. The molecule has 0 aliphatic heterocycles. The van der Waals surface area contributed by atoms with Crippen LogP contribution in [0.5, 0.6) is 0 Å². The molecule has 10 heavy (non-hydrogen) atoms. The number of ether oxygens (including phenoxy) is 1. The van der Waals surface area contributed by atoms with E-state index >= 15 is 0 Å². The van der Waals surface area contributed by atoms with Crippen molar-refractivity contribution in [2.75, 3.05) is 6.61 Å². The molecule has 0 aromatic rings. The van der Waals surface area contributed by atoms with E-state index in [0.717, 1.165) is 6.42 Å². The molecule has 0 rings (SSSR count). The fraction of sp³-hybridized carbons (Fsp3) is 0.875. The lowest BCUT2D eigenvalue weighted by Crippen LogP contribution is -2.22. The number of rotatable bonds is 5. The van der Waals surface area contributed by atoms with E-state index in [0.29, 0.717) is 12.5 Å². The average Bonchev–Trinajstić information content (AvgIpc) is 1.99. The smallest absolute Gasteiger partial charge is 0.0944 e.